The summed E-state index contributed by atoms with van der Waals surface area (Å²) < 4.78 is 5.33. The minimum atomic E-state index is -0.858. The van der Waals surface area contributed by atoms with Crippen LogP contribution in [0.5, 0.6) is 0 Å². The first-order valence-corrected chi connectivity index (χ1v) is 7.87. The van der Waals surface area contributed by atoms with Gasteiger partial charge in [0.05, 0.1) is 12.0 Å². The predicted molar refractivity (Wildman–Crippen MR) is 84.9 cm³/mol. The van der Waals surface area contributed by atoms with E-state index in [-0.39, 0.29) is 18.1 Å². The van der Waals surface area contributed by atoms with Gasteiger partial charge in [0.2, 0.25) is 0 Å². The van der Waals surface area contributed by atoms with Crippen LogP contribution in [0.4, 0.5) is 4.79 Å². The van der Waals surface area contributed by atoms with E-state index in [1.54, 1.807) is 4.90 Å². The van der Waals surface area contributed by atoms with Crippen molar-refractivity contribution >= 4 is 12.1 Å². The fraction of sp³-hybridized carbons (Fsp3) is 0.875. The molecule has 0 aliphatic carbocycles. The molecule has 2 N–H and O–H groups in total. The summed E-state index contributed by atoms with van der Waals surface area (Å²) in [6, 6.07) is 0. The van der Waals surface area contributed by atoms with Crippen LogP contribution in [-0.2, 0) is 9.53 Å². The number of nitrogens with one attached hydrogen (secondary N) is 1. The quantitative estimate of drug-likeness (QED) is 0.788. The van der Waals surface area contributed by atoms with Crippen LogP contribution in [0.25, 0.3) is 0 Å². The lowest BCUT2D eigenvalue weighted by Crippen LogP contribution is -2.74. The van der Waals surface area contributed by atoms with Gasteiger partial charge >= 0.3 is 12.1 Å². The highest BCUT2D eigenvalue weighted by molar-refractivity contribution is 5.73. The SMILES string of the molecule is CCCC(C)(C)NC1(CC(=O)O)CN(C(=O)OC(C)(C)C)C1. The molecule has 1 fully saturated rings. The van der Waals surface area contributed by atoms with E-state index in [4.69, 9.17) is 4.74 Å². The molecule has 0 radical (unpaired) electrons. The molecule has 0 unspecified atom stereocenters. The molecule has 0 bridgehead atoms. The first-order valence-electron chi connectivity index (χ1n) is 7.87. The van der Waals surface area contributed by atoms with Crippen LogP contribution in [0.1, 0.15) is 60.8 Å². The van der Waals surface area contributed by atoms with Gasteiger partial charge in [0, 0.05) is 18.6 Å². The first kappa shape index (κ1) is 18.7. The van der Waals surface area contributed by atoms with Crippen molar-refractivity contribution in [2.45, 2.75) is 77.5 Å². The summed E-state index contributed by atoms with van der Waals surface area (Å²) in [6.07, 6.45) is 1.57. The Labute approximate surface area is 133 Å². The number of nitrogens with zero attached hydrogens (tertiary/aromatic N) is 1. The number of carbonyl (C=O) groups excluding carboxylic acids is 1. The van der Waals surface area contributed by atoms with Crippen LogP contribution >= 0.6 is 0 Å². The summed E-state index contributed by atoms with van der Waals surface area (Å²) in [5.74, 6) is -0.858. The maximum absolute atomic E-state index is 12.0. The lowest BCUT2D eigenvalue weighted by molar-refractivity contribution is -0.141. The first-order chi connectivity index (χ1) is 9.88. The molecular weight excluding hydrogens is 284 g/mol. The molecule has 1 amide bonds. The molecule has 0 aromatic heterocycles. The van der Waals surface area contributed by atoms with E-state index in [0.717, 1.165) is 12.8 Å². The van der Waals surface area contributed by atoms with Crippen molar-refractivity contribution in [2.75, 3.05) is 13.1 Å². The molecule has 0 atom stereocenters. The highest BCUT2D eigenvalue weighted by atomic mass is 16.6. The zero-order chi connectivity index (χ0) is 17.2. The Kier molecular flexibility index (Phi) is 5.49. The van der Waals surface area contributed by atoms with Crippen LogP contribution in [0.2, 0.25) is 0 Å². The Bertz CT molecular complexity index is 420. The molecule has 1 aliphatic rings. The standard InChI is InChI=1S/C16H30N2O4/c1-7-8-15(5,6)17-16(9-12(19)20)10-18(11-16)13(21)22-14(2,3)4/h17H,7-11H2,1-6H3,(H,19,20). The maximum atomic E-state index is 12.0. The Balaban J connectivity index is 2.71. The molecule has 1 aliphatic heterocycles. The molecule has 0 spiro atoms. The van der Waals surface area contributed by atoms with Crippen molar-refractivity contribution in [3.63, 3.8) is 0 Å². The zero-order valence-electron chi connectivity index (χ0n) is 14.7. The van der Waals surface area contributed by atoms with Gasteiger partial charge in [0.15, 0.2) is 0 Å². The number of carboxylic acid groups (broad SMARTS) is 1. The molecule has 6 nitrogen and oxygen atoms in total. The Morgan fingerprint density at radius 3 is 2.18 bits per heavy atom. The minimum absolute atomic E-state index is 0.000553. The van der Waals surface area contributed by atoms with Crippen LogP contribution in [0.15, 0.2) is 0 Å². The Hall–Kier alpha value is -1.30. The zero-order valence-corrected chi connectivity index (χ0v) is 14.7. The average Bonchev–Trinajstić information content (AvgIpc) is 2.20. The normalized spacial score (nSPS) is 17.8. The van der Waals surface area contributed by atoms with Gasteiger partial charge in [0.25, 0.3) is 0 Å². The molecule has 6 heteroatoms. The van der Waals surface area contributed by atoms with Crippen molar-refractivity contribution in [1.29, 1.82) is 0 Å². The number of hydrogen-bond acceptors (Lipinski definition) is 4. The van der Waals surface area contributed by atoms with E-state index in [1.807, 2.05) is 20.8 Å². The Morgan fingerprint density at radius 1 is 1.23 bits per heavy atom. The van der Waals surface area contributed by atoms with Crippen LogP contribution in [0, 0.1) is 0 Å². The van der Waals surface area contributed by atoms with Crippen molar-refractivity contribution < 1.29 is 19.4 Å². The predicted octanol–water partition coefficient (Wildman–Crippen LogP) is 2.62. The van der Waals surface area contributed by atoms with Crippen LogP contribution in [-0.4, -0.2) is 51.8 Å². The number of aliphatic carboxylic acids is 1. The van der Waals surface area contributed by atoms with Crippen molar-refractivity contribution in [3.8, 4) is 0 Å². The second-order valence-corrected chi connectivity index (χ2v) is 7.95. The number of amides is 1. The largest absolute Gasteiger partial charge is 0.481 e. The number of carboxylic acids is 1. The monoisotopic (exact) mass is 314 g/mol. The third-order valence-corrected chi connectivity index (χ3v) is 3.61. The second-order valence-electron chi connectivity index (χ2n) is 7.95. The molecular formula is C16H30N2O4. The van der Waals surface area contributed by atoms with Gasteiger partial charge in [-0.1, -0.05) is 13.3 Å². The third kappa shape index (κ3) is 5.48. The van der Waals surface area contributed by atoms with Gasteiger partial charge in [-0.25, -0.2) is 4.79 Å². The van der Waals surface area contributed by atoms with Crippen LogP contribution in [0.3, 0.4) is 0 Å². The summed E-state index contributed by atoms with van der Waals surface area (Å²) in [7, 11) is 0. The van der Waals surface area contributed by atoms with Crippen LogP contribution < -0.4 is 5.32 Å². The third-order valence-electron chi connectivity index (χ3n) is 3.61. The van der Waals surface area contributed by atoms with Gasteiger partial charge < -0.3 is 20.1 Å². The van der Waals surface area contributed by atoms with Gasteiger partial charge in [-0.05, 0) is 41.0 Å². The van der Waals surface area contributed by atoms with E-state index < -0.39 is 17.1 Å². The lowest BCUT2D eigenvalue weighted by Gasteiger charge is -2.53. The topological polar surface area (TPSA) is 78.9 Å². The fourth-order valence-corrected chi connectivity index (χ4v) is 3.07. The minimum Gasteiger partial charge on any atom is -0.481 e. The summed E-state index contributed by atoms with van der Waals surface area (Å²) in [6.45, 7) is 12.4. The van der Waals surface area contributed by atoms with E-state index in [0.29, 0.717) is 13.1 Å². The highest BCUT2D eigenvalue weighted by Crippen LogP contribution is 2.30. The Morgan fingerprint density at radius 2 is 1.77 bits per heavy atom. The van der Waals surface area contributed by atoms with E-state index in [1.165, 1.54) is 0 Å². The number of hydrogen-bond donors (Lipinski definition) is 2. The van der Waals surface area contributed by atoms with Gasteiger partial charge in [-0.3, -0.25) is 4.79 Å². The summed E-state index contributed by atoms with van der Waals surface area (Å²) in [4.78, 5) is 24.8. The maximum Gasteiger partial charge on any atom is 0.410 e. The number of ether oxygens (including phenoxy) is 1. The molecule has 1 saturated heterocycles. The highest BCUT2D eigenvalue weighted by Gasteiger charge is 2.49. The summed E-state index contributed by atoms with van der Waals surface area (Å²) in [5, 5.41) is 12.6. The summed E-state index contributed by atoms with van der Waals surface area (Å²) >= 11 is 0. The second kappa shape index (κ2) is 6.44. The smallest absolute Gasteiger partial charge is 0.410 e. The molecule has 0 aromatic rings. The molecule has 0 saturated carbocycles. The molecule has 128 valence electrons. The summed E-state index contributed by atoms with van der Waals surface area (Å²) in [5.41, 5.74) is -1.28. The van der Waals surface area contributed by atoms with Gasteiger partial charge in [-0.15, -0.1) is 0 Å². The van der Waals surface area contributed by atoms with Gasteiger partial charge in [-0.2, -0.15) is 0 Å². The van der Waals surface area contributed by atoms with Crippen molar-refractivity contribution in [3.05, 3.63) is 0 Å². The number of likely N-dealkylation sites (tertiary alicyclic amines) is 1. The fourth-order valence-electron chi connectivity index (χ4n) is 3.07. The number of rotatable bonds is 6. The lowest BCUT2D eigenvalue weighted by atomic mass is 9.82. The number of carbonyl (C=O) groups is 2. The van der Waals surface area contributed by atoms with E-state index >= 15 is 0 Å². The average molecular weight is 314 g/mol. The van der Waals surface area contributed by atoms with E-state index in [2.05, 4.69) is 26.1 Å². The van der Waals surface area contributed by atoms with Crippen molar-refractivity contribution in [1.82, 2.24) is 10.2 Å². The molecule has 22 heavy (non-hydrogen) atoms. The van der Waals surface area contributed by atoms with Gasteiger partial charge in [0.1, 0.15) is 5.60 Å². The molecule has 1 rings (SSSR count). The molecule has 0 aromatic carbocycles. The van der Waals surface area contributed by atoms with E-state index in [9.17, 15) is 14.7 Å². The molecule has 1 heterocycles. The van der Waals surface area contributed by atoms with Crippen molar-refractivity contribution in [2.24, 2.45) is 0 Å².